The van der Waals surface area contributed by atoms with Crippen molar-refractivity contribution in [3.8, 4) is 0 Å². The summed E-state index contributed by atoms with van der Waals surface area (Å²) in [6.07, 6.45) is -5.12. The van der Waals surface area contributed by atoms with Crippen molar-refractivity contribution in [2.45, 2.75) is 18.6 Å². The normalized spacial score (nSPS) is 29.7. The standard InChI is InChI=1S/C12H15F2NO2/c13-12(14)9-6-15(7-10(16)11(9)17)8-4-2-1-3-5-8/h1-5,9-12,16-17H,6-7H2. The van der Waals surface area contributed by atoms with Gasteiger partial charge in [-0.2, -0.15) is 0 Å². The number of aliphatic hydroxyl groups is 2. The van der Waals surface area contributed by atoms with Crippen molar-refractivity contribution < 1.29 is 19.0 Å². The van der Waals surface area contributed by atoms with E-state index < -0.39 is 24.6 Å². The summed E-state index contributed by atoms with van der Waals surface area (Å²) in [6, 6.07) is 9.05. The molecule has 94 valence electrons. The van der Waals surface area contributed by atoms with E-state index >= 15 is 0 Å². The van der Waals surface area contributed by atoms with Crippen molar-refractivity contribution in [3.63, 3.8) is 0 Å². The third kappa shape index (κ3) is 2.56. The van der Waals surface area contributed by atoms with Crippen molar-refractivity contribution in [1.82, 2.24) is 0 Å². The molecule has 3 unspecified atom stereocenters. The molecule has 3 atom stereocenters. The van der Waals surface area contributed by atoms with E-state index in [2.05, 4.69) is 0 Å². The molecule has 1 fully saturated rings. The van der Waals surface area contributed by atoms with Crippen LogP contribution in [0.3, 0.4) is 0 Å². The lowest BCUT2D eigenvalue weighted by Gasteiger charge is -2.40. The Morgan fingerprint density at radius 1 is 1.12 bits per heavy atom. The van der Waals surface area contributed by atoms with Crippen molar-refractivity contribution in [1.29, 1.82) is 0 Å². The van der Waals surface area contributed by atoms with E-state index in [1.54, 1.807) is 17.0 Å². The lowest BCUT2D eigenvalue weighted by molar-refractivity contribution is -0.0770. The van der Waals surface area contributed by atoms with Crippen LogP contribution in [0.1, 0.15) is 0 Å². The number of benzene rings is 1. The highest BCUT2D eigenvalue weighted by Crippen LogP contribution is 2.27. The molecule has 0 bridgehead atoms. The van der Waals surface area contributed by atoms with Crippen molar-refractivity contribution in [2.75, 3.05) is 18.0 Å². The molecule has 5 heteroatoms. The molecule has 2 rings (SSSR count). The number of hydrogen-bond acceptors (Lipinski definition) is 3. The SMILES string of the molecule is OC1CN(c2ccccc2)CC(C(F)F)C1O. The lowest BCUT2D eigenvalue weighted by atomic mass is 9.92. The molecule has 1 aliphatic heterocycles. The van der Waals surface area contributed by atoms with Crippen molar-refractivity contribution in [2.24, 2.45) is 5.92 Å². The topological polar surface area (TPSA) is 43.7 Å². The molecule has 0 aromatic heterocycles. The summed E-state index contributed by atoms with van der Waals surface area (Å²) in [5.41, 5.74) is 0.782. The van der Waals surface area contributed by atoms with Crippen LogP contribution in [0.15, 0.2) is 30.3 Å². The van der Waals surface area contributed by atoms with E-state index in [1.165, 1.54) is 0 Å². The largest absolute Gasteiger partial charge is 0.390 e. The fourth-order valence-corrected chi connectivity index (χ4v) is 2.13. The summed E-state index contributed by atoms with van der Waals surface area (Å²) in [5, 5.41) is 19.1. The van der Waals surface area contributed by atoms with Crippen molar-refractivity contribution in [3.05, 3.63) is 30.3 Å². The van der Waals surface area contributed by atoms with E-state index in [9.17, 15) is 19.0 Å². The maximum atomic E-state index is 12.7. The molecule has 1 aromatic carbocycles. The maximum Gasteiger partial charge on any atom is 0.245 e. The first-order valence-electron chi connectivity index (χ1n) is 5.54. The minimum Gasteiger partial charge on any atom is -0.390 e. The summed E-state index contributed by atoms with van der Waals surface area (Å²) in [5.74, 6) is -1.21. The van der Waals surface area contributed by atoms with Crippen LogP contribution in [-0.2, 0) is 0 Å². The van der Waals surface area contributed by atoms with Gasteiger partial charge in [0.1, 0.15) is 0 Å². The molecule has 0 spiro atoms. The van der Waals surface area contributed by atoms with Crippen LogP contribution in [0.5, 0.6) is 0 Å². The first-order valence-corrected chi connectivity index (χ1v) is 5.54. The van der Waals surface area contributed by atoms with Crippen LogP contribution in [0, 0.1) is 5.92 Å². The molecule has 2 N–H and O–H groups in total. The van der Waals surface area contributed by atoms with Gasteiger partial charge in [-0.25, -0.2) is 8.78 Å². The number of hydrogen-bond donors (Lipinski definition) is 2. The number of halogens is 2. The predicted molar refractivity (Wildman–Crippen MR) is 60.2 cm³/mol. The summed E-state index contributed by atoms with van der Waals surface area (Å²) in [4.78, 5) is 1.67. The van der Waals surface area contributed by atoms with Gasteiger partial charge in [0.2, 0.25) is 6.43 Å². The number of rotatable bonds is 2. The monoisotopic (exact) mass is 243 g/mol. The molecule has 0 radical (unpaired) electrons. The highest BCUT2D eigenvalue weighted by atomic mass is 19.3. The average molecular weight is 243 g/mol. The van der Waals surface area contributed by atoms with Crippen LogP contribution in [0.4, 0.5) is 14.5 Å². The molecule has 3 nitrogen and oxygen atoms in total. The zero-order chi connectivity index (χ0) is 12.4. The Morgan fingerprint density at radius 3 is 2.35 bits per heavy atom. The molecular formula is C12H15F2NO2. The highest BCUT2D eigenvalue weighted by Gasteiger charge is 2.39. The molecule has 0 aliphatic carbocycles. The summed E-state index contributed by atoms with van der Waals surface area (Å²) < 4.78 is 25.5. The second-order valence-corrected chi connectivity index (χ2v) is 4.30. The summed E-state index contributed by atoms with van der Waals surface area (Å²) >= 11 is 0. The molecule has 1 saturated heterocycles. The Morgan fingerprint density at radius 2 is 1.76 bits per heavy atom. The van der Waals surface area contributed by atoms with E-state index in [0.29, 0.717) is 0 Å². The van der Waals surface area contributed by atoms with Crippen LogP contribution in [0.25, 0.3) is 0 Å². The number of nitrogens with zero attached hydrogens (tertiary/aromatic N) is 1. The Labute approximate surface area is 98.3 Å². The Bertz CT molecular complexity index is 361. The molecule has 17 heavy (non-hydrogen) atoms. The Kier molecular flexibility index (Phi) is 3.59. The van der Waals surface area contributed by atoms with E-state index in [1.807, 2.05) is 18.2 Å². The molecule has 1 aromatic rings. The van der Waals surface area contributed by atoms with E-state index in [4.69, 9.17) is 0 Å². The fourth-order valence-electron chi connectivity index (χ4n) is 2.13. The van der Waals surface area contributed by atoms with Gasteiger partial charge in [0.15, 0.2) is 0 Å². The zero-order valence-corrected chi connectivity index (χ0v) is 9.21. The average Bonchev–Trinajstić information content (AvgIpc) is 2.33. The molecule has 0 saturated carbocycles. The van der Waals surface area contributed by atoms with Gasteiger partial charge in [0.25, 0.3) is 0 Å². The van der Waals surface area contributed by atoms with E-state index in [-0.39, 0.29) is 13.1 Å². The van der Waals surface area contributed by atoms with Crippen LogP contribution in [0.2, 0.25) is 0 Å². The predicted octanol–water partition coefficient (Wildman–Crippen LogP) is 1.11. The number of β-amino-alcohol motifs (C(OH)–C–C–N with tert-alkyl or cyclic N) is 1. The Hall–Kier alpha value is -1.20. The van der Waals surface area contributed by atoms with Crippen LogP contribution < -0.4 is 4.90 Å². The minimum absolute atomic E-state index is 0.0555. The first kappa shape index (κ1) is 12.3. The number of alkyl halides is 2. The van der Waals surface area contributed by atoms with Gasteiger partial charge in [0, 0.05) is 18.8 Å². The molecule has 0 amide bonds. The molecule has 1 heterocycles. The van der Waals surface area contributed by atoms with Gasteiger partial charge in [-0.05, 0) is 12.1 Å². The fraction of sp³-hybridized carbons (Fsp3) is 0.500. The summed E-state index contributed by atoms with van der Waals surface area (Å²) in [6.45, 7) is 0.230. The third-order valence-corrected chi connectivity index (χ3v) is 3.12. The zero-order valence-electron chi connectivity index (χ0n) is 9.21. The van der Waals surface area contributed by atoms with Crippen LogP contribution in [-0.4, -0.2) is 41.9 Å². The Balaban J connectivity index is 2.16. The van der Waals surface area contributed by atoms with Gasteiger partial charge in [-0.1, -0.05) is 18.2 Å². The number of anilines is 1. The highest BCUT2D eigenvalue weighted by molar-refractivity contribution is 5.46. The quantitative estimate of drug-likeness (QED) is 0.817. The number of piperidine rings is 1. The summed E-state index contributed by atoms with van der Waals surface area (Å²) in [7, 11) is 0. The number of aliphatic hydroxyl groups excluding tert-OH is 2. The maximum absolute atomic E-state index is 12.7. The van der Waals surface area contributed by atoms with Gasteiger partial charge >= 0.3 is 0 Å². The van der Waals surface area contributed by atoms with Gasteiger partial charge in [-0.15, -0.1) is 0 Å². The second-order valence-electron chi connectivity index (χ2n) is 4.30. The first-order chi connectivity index (χ1) is 8.09. The minimum atomic E-state index is -2.63. The molecule has 1 aliphatic rings. The van der Waals surface area contributed by atoms with Gasteiger partial charge in [-0.3, -0.25) is 0 Å². The molecular weight excluding hydrogens is 228 g/mol. The third-order valence-electron chi connectivity index (χ3n) is 3.12. The van der Waals surface area contributed by atoms with Gasteiger partial charge in [0.05, 0.1) is 18.1 Å². The number of para-hydroxylation sites is 1. The lowest BCUT2D eigenvalue weighted by Crippen LogP contribution is -2.54. The van der Waals surface area contributed by atoms with Crippen LogP contribution >= 0.6 is 0 Å². The van der Waals surface area contributed by atoms with E-state index in [0.717, 1.165) is 5.69 Å². The van der Waals surface area contributed by atoms with Gasteiger partial charge < -0.3 is 15.1 Å². The second kappa shape index (κ2) is 4.98. The smallest absolute Gasteiger partial charge is 0.245 e. The van der Waals surface area contributed by atoms with Crippen molar-refractivity contribution >= 4 is 5.69 Å².